The van der Waals surface area contributed by atoms with Crippen LogP contribution in [0.4, 0.5) is 4.39 Å². The van der Waals surface area contributed by atoms with Crippen molar-refractivity contribution in [3.8, 4) is 17.1 Å². The molecule has 1 N–H and O–H groups in total. The zero-order chi connectivity index (χ0) is 13.4. The molecule has 3 aromatic rings. The number of fused-ring (bicyclic) bond motifs is 1. The maximum Gasteiger partial charge on any atom is 0.141 e. The third kappa shape index (κ3) is 2.15. The van der Waals surface area contributed by atoms with Crippen molar-refractivity contribution in [1.82, 2.24) is 9.97 Å². The van der Waals surface area contributed by atoms with Crippen molar-refractivity contribution in [1.29, 1.82) is 0 Å². The van der Waals surface area contributed by atoms with Crippen LogP contribution in [0.25, 0.3) is 22.4 Å². The highest BCUT2D eigenvalue weighted by molar-refractivity contribution is 6.30. The molecule has 0 spiro atoms. The van der Waals surface area contributed by atoms with Gasteiger partial charge in [-0.1, -0.05) is 11.6 Å². The summed E-state index contributed by atoms with van der Waals surface area (Å²) < 4.78 is 19.0. The summed E-state index contributed by atoms with van der Waals surface area (Å²) in [5, 5.41) is 0.360. The van der Waals surface area contributed by atoms with Crippen LogP contribution in [0.3, 0.4) is 0 Å². The second-order valence-electron chi connectivity index (χ2n) is 4.09. The van der Waals surface area contributed by atoms with Crippen LogP contribution in [0, 0.1) is 5.82 Å². The van der Waals surface area contributed by atoms with Gasteiger partial charge in [-0.05, 0) is 30.3 Å². The van der Waals surface area contributed by atoms with Gasteiger partial charge >= 0.3 is 0 Å². The number of aromatic nitrogens is 2. The monoisotopic (exact) mass is 276 g/mol. The van der Waals surface area contributed by atoms with Gasteiger partial charge in [0.2, 0.25) is 0 Å². The van der Waals surface area contributed by atoms with Crippen LogP contribution in [0.5, 0.6) is 5.75 Å². The first-order valence-corrected chi connectivity index (χ1v) is 6.04. The highest BCUT2D eigenvalue weighted by Crippen LogP contribution is 2.26. The van der Waals surface area contributed by atoms with Crippen molar-refractivity contribution in [2.24, 2.45) is 0 Å². The third-order valence-electron chi connectivity index (χ3n) is 2.88. The summed E-state index contributed by atoms with van der Waals surface area (Å²) >= 11 is 5.74. The van der Waals surface area contributed by atoms with Crippen molar-refractivity contribution in [2.45, 2.75) is 0 Å². The van der Waals surface area contributed by atoms with Crippen molar-refractivity contribution in [3.05, 3.63) is 47.2 Å². The molecule has 0 unspecified atom stereocenters. The van der Waals surface area contributed by atoms with Crippen LogP contribution in [-0.4, -0.2) is 17.1 Å². The number of aromatic amines is 1. The van der Waals surface area contributed by atoms with E-state index < -0.39 is 5.82 Å². The zero-order valence-corrected chi connectivity index (χ0v) is 10.8. The van der Waals surface area contributed by atoms with Gasteiger partial charge in [0.25, 0.3) is 0 Å². The lowest BCUT2D eigenvalue weighted by Gasteiger charge is -1.99. The van der Waals surface area contributed by atoms with Gasteiger partial charge in [0, 0.05) is 11.1 Å². The number of hydrogen-bond acceptors (Lipinski definition) is 2. The number of nitrogens with one attached hydrogen (secondary N) is 1. The van der Waals surface area contributed by atoms with Gasteiger partial charge in [-0.2, -0.15) is 0 Å². The predicted octanol–water partition coefficient (Wildman–Crippen LogP) is 4.03. The van der Waals surface area contributed by atoms with Crippen molar-refractivity contribution < 1.29 is 9.13 Å². The molecule has 0 aliphatic carbocycles. The quantitative estimate of drug-likeness (QED) is 0.767. The second kappa shape index (κ2) is 4.55. The molecule has 1 heterocycles. The first-order chi connectivity index (χ1) is 9.17. The molecule has 0 radical (unpaired) electrons. The number of halogens is 2. The van der Waals surface area contributed by atoms with Gasteiger partial charge in [0.15, 0.2) is 0 Å². The highest BCUT2D eigenvalue weighted by atomic mass is 35.5. The van der Waals surface area contributed by atoms with E-state index in [1.54, 1.807) is 19.2 Å². The predicted molar refractivity (Wildman–Crippen MR) is 73.0 cm³/mol. The fraction of sp³-hybridized carbons (Fsp3) is 0.0714. The maximum absolute atomic E-state index is 13.8. The number of benzene rings is 2. The Kier molecular flexibility index (Phi) is 2.87. The fourth-order valence-electron chi connectivity index (χ4n) is 1.92. The van der Waals surface area contributed by atoms with Gasteiger partial charge in [-0.15, -0.1) is 0 Å². The normalized spacial score (nSPS) is 10.9. The number of imidazole rings is 1. The maximum atomic E-state index is 13.8. The number of ether oxygens (including phenoxy) is 1. The van der Waals surface area contributed by atoms with Gasteiger partial charge < -0.3 is 9.72 Å². The van der Waals surface area contributed by atoms with Gasteiger partial charge in [-0.25, -0.2) is 9.37 Å². The largest absolute Gasteiger partial charge is 0.497 e. The van der Waals surface area contributed by atoms with Gasteiger partial charge in [0.1, 0.15) is 17.4 Å². The molecule has 5 heteroatoms. The first kappa shape index (κ1) is 12.0. The molecule has 0 bridgehead atoms. The average molecular weight is 277 g/mol. The number of H-pyrrole nitrogens is 1. The summed E-state index contributed by atoms with van der Waals surface area (Å²) in [4.78, 5) is 7.43. The minimum absolute atomic E-state index is 0.360. The second-order valence-corrected chi connectivity index (χ2v) is 4.53. The van der Waals surface area contributed by atoms with Gasteiger partial charge in [0.05, 0.1) is 23.7 Å². The van der Waals surface area contributed by atoms with Crippen LogP contribution in [-0.2, 0) is 0 Å². The minimum Gasteiger partial charge on any atom is -0.497 e. The lowest BCUT2D eigenvalue weighted by molar-refractivity contribution is 0.415. The summed E-state index contributed by atoms with van der Waals surface area (Å²) in [6, 6.07) is 9.96. The molecular weight excluding hydrogens is 267 g/mol. The summed E-state index contributed by atoms with van der Waals surface area (Å²) in [6.07, 6.45) is 0. The molecule has 2 aromatic carbocycles. The van der Waals surface area contributed by atoms with Crippen molar-refractivity contribution >= 4 is 22.6 Å². The summed E-state index contributed by atoms with van der Waals surface area (Å²) in [5.74, 6) is 0.787. The number of rotatable bonds is 2. The summed E-state index contributed by atoms with van der Waals surface area (Å²) in [7, 11) is 1.59. The minimum atomic E-state index is -0.404. The molecule has 0 atom stereocenters. The van der Waals surface area contributed by atoms with Crippen molar-refractivity contribution in [3.63, 3.8) is 0 Å². The van der Waals surface area contributed by atoms with E-state index in [1.165, 1.54) is 6.07 Å². The Morgan fingerprint density at radius 1 is 1.21 bits per heavy atom. The Morgan fingerprint density at radius 3 is 2.79 bits per heavy atom. The number of methoxy groups -OCH3 is 1. The number of hydrogen-bond donors (Lipinski definition) is 1. The SMILES string of the molecule is COc1ccc2nc(-c3ccc(Cl)cc3F)[nH]c2c1. The Morgan fingerprint density at radius 2 is 2.05 bits per heavy atom. The molecule has 96 valence electrons. The van der Waals surface area contributed by atoms with E-state index in [2.05, 4.69) is 9.97 Å². The lowest BCUT2D eigenvalue weighted by atomic mass is 10.2. The Hall–Kier alpha value is -2.07. The summed E-state index contributed by atoms with van der Waals surface area (Å²) in [5.41, 5.74) is 1.94. The topological polar surface area (TPSA) is 37.9 Å². The van der Waals surface area contributed by atoms with Crippen LogP contribution in [0.1, 0.15) is 0 Å². The molecule has 0 saturated carbocycles. The number of nitrogens with zero attached hydrogens (tertiary/aromatic N) is 1. The van der Waals surface area contributed by atoms with E-state index in [9.17, 15) is 4.39 Å². The van der Waals surface area contributed by atoms with Crippen LogP contribution < -0.4 is 4.74 Å². The average Bonchev–Trinajstić information content (AvgIpc) is 2.80. The fourth-order valence-corrected chi connectivity index (χ4v) is 2.08. The van der Waals surface area contributed by atoms with E-state index in [1.807, 2.05) is 18.2 Å². The van der Waals surface area contributed by atoms with Crippen LogP contribution in [0.15, 0.2) is 36.4 Å². The molecule has 1 aromatic heterocycles. The molecule has 0 amide bonds. The van der Waals surface area contributed by atoms with E-state index in [0.717, 1.165) is 16.8 Å². The van der Waals surface area contributed by atoms with E-state index in [4.69, 9.17) is 16.3 Å². The van der Waals surface area contributed by atoms with Crippen LogP contribution in [0.2, 0.25) is 5.02 Å². The summed E-state index contributed by atoms with van der Waals surface area (Å²) in [6.45, 7) is 0. The molecule has 0 aliphatic heterocycles. The molecule has 3 nitrogen and oxygen atoms in total. The molecule has 3 rings (SSSR count). The van der Waals surface area contributed by atoms with Crippen LogP contribution >= 0.6 is 11.6 Å². The van der Waals surface area contributed by atoms with E-state index in [-0.39, 0.29) is 0 Å². The lowest BCUT2D eigenvalue weighted by Crippen LogP contribution is -1.85. The Labute approximate surface area is 114 Å². The van der Waals surface area contributed by atoms with Gasteiger partial charge in [-0.3, -0.25) is 0 Å². The third-order valence-corrected chi connectivity index (χ3v) is 3.11. The standard InChI is InChI=1S/C14H10ClFN2O/c1-19-9-3-5-12-13(7-9)18-14(17-12)10-4-2-8(15)6-11(10)16/h2-7H,1H3,(H,17,18). The first-order valence-electron chi connectivity index (χ1n) is 5.66. The van der Waals surface area contributed by atoms with E-state index in [0.29, 0.717) is 16.4 Å². The molecule has 0 fully saturated rings. The highest BCUT2D eigenvalue weighted by Gasteiger charge is 2.10. The molecule has 0 aliphatic rings. The smallest absolute Gasteiger partial charge is 0.141 e. The van der Waals surface area contributed by atoms with Crippen molar-refractivity contribution in [2.75, 3.05) is 7.11 Å². The Bertz CT molecular complexity index is 754. The molecule has 0 saturated heterocycles. The molecular formula is C14H10ClFN2O. The zero-order valence-electron chi connectivity index (χ0n) is 10.1. The van der Waals surface area contributed by atoms with E-state index >= 15 is 0 Å². The Balaban J connectivity index is 2.14. The molecule has 19 heavy (non-hydrogen) atoms.